The quantitative estimate of drug-likeness (QED) is 0.0857. The molecular weight excluding hydrogens is 839 g/mol. The Morgan fingerprint density at radius 1 is 1.03 bits per heavy atom. The highest BCUT2D eigenvalue weighted by Crippen LogP contribution is 2.42. The highest BCUT2D eigenvalue weighted by Gasteiger charge is 2.39. The second-order valence-corrected chi connectivity index (χ2v) is 18.2. The lowest BCUT2D eigenvalue weighted by atomic mass is 9.84. The van der Waals surface area contributed by atoms with Gasteiger partial charge in [-0.25, -0.2) is 5.43 Å². The Balaban J connectivity index is 0.000000715. The predicted molar refractivity (Wildman–Crippen MR) is 254 cm³/mol. The number of aryl methyl sites for hydroxylation is 1. The minimum absolute atomic E-state index is 0.0764. The van der Waals surface area contributed by atoms with Gasteiger partial charge in [0.25, 0.3) is 12.4 Å². The topological polar surface area (TPSA) is 165 Å². The van der Waals surface area contributed by atoms with Crippen LogP contribution in [0, 0.1) is 11.3 Å². The van der Waals surface area contributed by atoms with Crippen molar-refractivity contribution >= 4 is 41.5 Å². The minimum Gasteiger partial charge on any atom is -0.467 e. The third-order valence-electron chi connectivity index (χ3n) is 12.8. The smallest absolute Gasteiger partial charge is 0.293 e. The van der Waals surface area contributed by atoms with Crippen LogP contribution in [0.3, 0.4) is 0 Å². The zero-order chi connectivity index (χ0) is 47.4. The number of nitrogens with zero attached hydrogens (tertiary/aromatic N) is 5. The Morgan fingerprint density at radius 2 is 1.77 bits per heavy atom. The van der Waals surface area contributed by atoms with Gasteiger partial charge in [0.2, 0.25) is 18.2 Å². The maximum Gasteiger partial charge on any atom is 0.293 e. The van der Waals surface area contributed by atoms with E-state index in [0.29, 0.717) is 52.2 Å². The number of likely N-dealkylation sites (N-methyl/N-ethyl adjacent to an activating group) is 1. The van der Waals surface area contributed by atoms with Crippen LogP contribution in [0.1, 0.15) is 76.3 Å². The van der Waals surface area contributed by atoms with Crippen LogP contribution in [0.4, 0.5) is 0 Å². The summed E-state index contributed by atoms with van der Waals surface area (Å²) in [4.78, 5) is 69.7. The molecule has 3 saturated heterocycles. The Morgan fingerprint density at radius 3 is 2.41 bits per heavy atom. The SMILES string of the molecule is C=CC(=O)N1CCCC1.CCn1c(-c2cccnc2C(C)OC)c(CC(C)(C)COC=O)c2cc(-c3cccc(CC(NC(=O)C(C4COC4)N(C)C=O)C(=O)N4CCCCN4)c3)ccc21. The Bertz CT molecular complexity index is 2330. The van der Waals surface area contributed by atoms with Gasteiger partial charge in [-0.15, -0.1) is 0 Å². The second-order valence-electron chi connectivity index (χ2n) is 18.2. The molecule has 15 nitrogen and oxygen atoms in total. The number of pyridine rings is 1. The normalized spacial score (nSPS) is 16.6. The van der Waals surface area contributed by atoms with Crippen molar-refractivity contribution in [3.8, 4) is 22.4 Å². The molecular formula is C51H67N7O8. The van der Waals surface area contributed by atoms with Crippen LogP contribution in [0.5, 0.6) is 0 Å². The summed E-state index contributed by atoms with van der Waals surface area (Å²) in [7, 11) is 3.27. The molecule has 0 radical (unpaired) electrons. The summed E-state index contributed by atoms with van der Waals surface area (Å²) in [6.07, 6.45) is 8.59. The summed E-state index contributed by atoms with van der Waals surface area (Å²) < 4.78 is 18.8. The number of amides is 4. The van der Waals surface area contributed by atoms with Crippen molar-refractivity contribution in [2.45, 2.75) is 91.0 Å². The number of methoxy groups -OCH3 is 1. The van der Waals surface area contributed by atoms with Crippen molar-refractivity contribution in [3.05, 3.63) is 90.3 Å². The lowest BCUT2D eigenvalue weighted by Gasteiger charge is -2.37. The second kappa shape index (κ2) is 23.0. The number of carbonyl (C=O) groups is 5. The highest BCUT2D eigenvalue weighted by atomic mass is 16.5. The molecule has 4 aromatic rings. The van der Waals surface area contributed by atoms with Crippen molar-refractivity contribution in [1.29, 1.82) is 0 Å². The van der Waals surface area contributed by atoms with Gasteiger partial charge >= 0.3 is 0 Å². The van der Waals surface area contributed by atoms with E-state index >= 15 is 0 Å². The maximum atomic E-state index is 14.0. The number of rotatable bonds is 19. The Kier molecular flexibility index (Phi) is 17.3. The molecule has 3 unspecified atom stereocenters. The van der Waals surface area contributed by atoms with E-state index in [9.17, 15) is 24.0 Å². The lowest BCUT2D eigenvalue weighted by Crippen LogP contribution is -2.60. The van der Waals surface area contributed by atoms with Crippen LogP contribution in [0.25, 0.3) is 33.3 Å². The van der Waals surface area contributed by atoms with Crippen LogP contribution in [0.2, 0.25) is 0 Å². The third kappa shape index (κ3) is 11.7. The van der Waals surface area contributed by atoms with Crippen LogP contribution in [-0.2, 0) is 57.6 Å². The fourth-order valence-electron chi connectivity index (χ4n) is 9.20. The van der Waals surface area contributed by atoms with Crippen LogP contribution >= 0.6 is 0 Å². The van der Waals surface area contributed by atoms with E-state index in [0.717, 1.165) is 88.9 Å². The number of fused-ring (bicyclic) bond motifs is 1. The number of hydrogen-bond acceptors (Lipinski definition) is 10. The fraction of sp³-hybridized carbons (Fsp3) is 0.490. The average Bonchev–Trinajstić information content (AvgIpc) is 3.98. The molecule has 15 heteroatoms. The number of hydrazine groups is 1. The molecule has 66 heavy (non-hydrogen) atoms. The molecule has 3 aliphatic heterocycles. The number of likely N-dealkylation sites (tertiary alicyclic amines) is 1. The van der Waals surface area contributed by atoms with Gasteiger partial charge < -0.3 is 33.9 Å². The molecule has 7 rings (SSSR count). The minimum atomic E-state index is -0.865. The van der Waals surface area contributed by atoms with Crippen molar-refractivity contribution in [1.82, 2.24) is 35.1 Å². The molecule has 0 saturated carbocycles. The van der Waals surface area contributed by atoms with E-state index in [-0.39, 0.29) is 48.2 Å². The first-order chi connectivity index (χ1) is 31.8. The molecule has 0 spiro atoms. The van der Waals surface area contributed by atoms with E-state index in [2.05, 4.69) is 79.1 Å². The fourth-order valence-corrected chi connectivity index (χ4v) is 9.20. The maximum absolute atomic E-state index is 14.0. The molecule has 5 heterocycles. The number of nitrogens with one attached hydrogen (secondary N) is 2. The van der Waals surface area contributed by atoms with Crippen LogP contribution in [0.15, 0.2) is 73.4 Å². The number of carbonyl (C=O) groups excluding carboxylic acids is 5. The van der Waals surface area contributed by atoms with Gasteiger partial charge in [0.1, 0.15) is 12.1 Å². The summed E-state index contributed by atoms with van der Waals surface area (Å²) in [5.74, 6) is -0.667. The molecule has 3 atom stereocenters. The Hall–Kier alpha value is -5.90. The average molecular weight is 906 g/mol. The Labute approximate surface area is 388 Å². The monoisotopic (exact) mass is 906 g/mol. The summed E-state index contributed by atoms with van der Waals surface area (Å²) >= 11 is 0. The molecule has 0 bridgehead atoms. The zero-order valence-electron chi connectivity index (χ0n) is 39.4. The lowest BCUT2D eigenvalue weighted by molar-refractivity contribution is -0.147. The predicted octanol–water partition coefficient (Wildman–Crippen LogP) is 5.89. The van der Waals surface area contributed by atoms with Gasteiger partial charge in [-0.05, 0) is 98.5 Å². The summed E-state index contributed by atoms with van der Waals surface area (Å²) in [5, 5.41) is 5.71. The molecule has 2 N–H and O–H groups in total. The molecule has 2 aromatic carbocycles. The summed E-state index contributed by atoms with van der Waals surface area (Å²) in [6, 6.07) is 17.0. The highest BCUT2D eigenvalue weighted by molar-refractivity contribution is 5.95. The van der Waals surface area contributed by atoms with E-state index in [1.165, 1.54) is 11.0 Å². The largest absolute Gasteiger partial charge is 0.467 e. The number of benzene rings is 2. The van der Waals surface area contributed by atoms with Gasteiger partial charge in [-0.2, -0.15) is 0 Å². The molecule has 3 aliphatic rings. The first-order valence-electron chi connectivity index (χ1n) is 23.1. The van der Waals surface area contributed by atoms with E-state index in [1.807, 2.05) is 30.0 Å². The zero-order valence-corrected chi connectivity index (χ0v) is 39.4. The third-order valence-corrected chi connectivity index (χ3v) is 12.8. The molecule has 2 aromatic heterocycles. The van der Waals surface area contributed by atoms with E-state index < -0.39 is 12.1 Å². The molecule has 4 amide bonds. The van der Waals surface area contributed by atoms with Gasteiger partial charge in [0.05, 0.1) is 37.3 Å². The standard InChI is InChI=1S/C44H56N6O7.C7H11NO/c1-7-49-38-16-15-32(22-35(38)36(23-44(3,4)26-57-28-52)41(49)34-14-11-17-45-39(34)29(2)55-6)31-13-10-12-30(20-31)21-37(43(54)50-19-9-8-18-46-50)47-42(53)40(48(5)27-51)33-24-56-25-33;1-2-7(9)8-5-3-4-6-8/h10-17,20,22,27-29,33,37,40,46H,7-9,18-19,21,23-26H2,1-6H3,(H,47,53);2H,1,3-6H2. The van der Waals surface area contributed by atoms with Gasteiger partial charge in [-0.1, -0.05) is 50.8 Å². The van der Waals surface area contributed by atoms with Crippen molar-refractivity contribution < 1.29 is 38.2 Å². The number of aromatic nitrogens is 2. The summed E-state index contributed by atoms with van der Waals surface area (Å²) in [6.45, 7) is 17.0. The van der Waals surface area contributed by atoms with Crippen molar-refractivity contribution in [2.24, 2.45) is 11.3 Å². The molecule has 3 fully saturated rings. The summed E-state index contributed by atoms with van der Waals surface area (Å²) in [5.41, 5.74) is 10.7. The molecule has 0 aliphatic carbocycles. The first-order valence-corrected chi connectivity index (χ1v) is 23.1. The van der Waals surface area contributed by atoms with Crippen molar-refractivity contribution in [3.63, 3.8) is 0 Å². The number of ether oxygens (including phenoxy) is 3. The van der Waals surface area contributed by atoms with E-state index in [4.69, 9.17) is 19.2 Å². The van der Waals surface area contributed by atoms with Crippen molar-refractivity contribution in [2.75, 3.05) is 60.2 Å². The van der Waals surface area contributed by atoms with Gasteiger partial charge in [0, 0.05) is 87.3 Å². The van der Waals surface area contributed by atoms with Gasteiger partial charge in [-0.3, -0.25) is 34.0 Å². The first kappa shape index (κ1) is 49.5. The van der Waals surface area contributed by atoms with E-state index in [1.54, 1.807) is 25.4 Å². The van der Waals surface area contributed by atoms with Crippen LogP contribution in [-0.4, -0.2) is 127 Å². The van der Waals surface area contributed by atoms with Gasteiger partial charge in [0.15, 0.2) is 0 Å². The van der Waals surface area contributed by atoms with Crippen LogP contribution < -0.4 is 10.7 Å². The number of hydrogen-bond donors (Lipinski definition) is 2. The molecule has 354 valence electrons.